The smallest absolute Gasteiger partial charge is 0.367 e. The van der Waals surface area contributed by atoms with E-state index in [9.17, 15) is 22.8 Å². The second-order valence-electron chi connectivity index (χ2n) is 5.67. The molecule has 2 aromatic rings. The van der Waals surface area contributed by atoms with Crippen molar-refractivity contribution in [3.63, 3.8) is 0 Å². The molecule has 0 spiro atoms. The number of amides is 1. The van der Waals surface area contributed by atoms with E-state index in [1.54, 1.807) is 4.90 Å². The van der Waals surface area contributed by atoms with Gasteiger partial charge in [0, 0.05) is 12.7 Å². The molecule has 1 saturated heterocycles. The van der Waals surface area contributed by atoms with Crippen LogP contribution in [-0.2, 0) is 15.7 Å². The van der Waals surface area contributed by atoms with E-state index in [2.05, 4.69) is 10.1 Å². The van der Waals surface area contributed by atoms with Crippen LogP contribution in [0.2, 0.25) is 5.02 Å². The van der Waals surface area contributed by atoms with Gasteiger partial charge in [-0.15, -0.1) is 0 Å². The number of nitrogens with zero attached hydrogens (tertiary/aromatic N) is 4. The third-order valence-electron chi connectivity index (χ3n) is 3.92. The number of pyridine rings is 1. The minimum absolute atomic E-state index is 0.0959. The molecule has 0 radical (unpaired) electrons. The first kappa shape index (κ1) is 19.1. The SMILES string of the molecule is NC(=O)C1CN(c2cnn(-c3ccc(C(F)(F)F)cn3)c(=O)c2Cl)CCO1. The number of aromatic nitrogens is 3. The molecule has 0 bridgehead atoms. The summed E-state index contributed by atoms with van der Waals surface area (Å²) in [5, 5.41) is 3.71. The highest BCUT2D eigenvalue weighted by molar-refractivity contribution is 6.33. The molecule has 1 atom stereocenters. The average molecular weight is 404 g/mol. The summed E-state index contributed by atoms with van der Waals surface area (Å²) in [5.41, 5.74) is 3.78. The van der Waals surface area contributed by atoms with Gasteiger partial charge < -0.3 is 15.4 Å². The molecule has 1 aliphatic rings. The van der Waals surface area contributed by atoms with Crippen molar-refractivity contribution in [3.05, 3.63) is 45.5 Å². The topological polar surface area (TPSA) is 103 Å². The van der Waals surface area contributed by atoms with Crippen molar-refractivity contribution in [2.75, 3.05) is 24.6 Å². The zero-order chi connectivity index (χ0) is 19.8. The highest BCUT2D eigenvalue weighted by Crippen LogP contribution is 2.29. The maximum absolute atomic E-state index is 12.6. The summed E-state index contributed by atoms with van der Waals surface area (Å²) in [4.78, 5) is 29.0. The Hall–Kier alpha value is -2.66. The molecule has 1 amide bonds. The standard InChI is InChI=1S/C15H13ClF3N5O3/c16-12-9(23-3-4-27-10(7-23)13(20)25)6-22-24(14(12)26)11-2-1-8(5-21-11)15(17,18)19/h1-2,5-6,10H,3-4,7H2,(H2,20,25). The van der Waals surface area contributed by atoms with E-state index >= 15 is 0 Å². The summed E-state index contributed by atoms with van der Waals surface area (Å²) in [7, 11) is 0. The molecule has 2 N–H and O–H groups in total. The summed E-state index contributed by atoms with van der Waals surface area (Å²) in [6.45, 7) is 0.652. The quantitative estimate of drug-likeness (QED) is 0.819. The highest BCUT2D eigenvalue weighted by Gasteiger charge is 2.31. The molecule has 1 unspecified atom stereocenters. The fourth-order valence-electron chi connectivity index (χ4n) is 2.53. The molecule has 144 valence electrons. The van der Waals surface area contributed by atoms with E-state index in [1.165, 1.54) is 6.20 Å². The van der Waals surface area contributed by atoms with Crippen LogP contribution in [-0.4, -0.2) is 46.5 Å². The molecule has 2 aromatic heterocycles. The van der Waals surface area contributed by atoms with Crippen LogP contribution in [0.15, 0.2) is 29.3 Å². The largest absolute Gasteiger partial charge is 0.417 e. The number of primary amides is 1. The lowest BCUT2D eigenvalue weighted by Gasteiger charge is -2.33. The van der Waals surface area contributed by atoms with Crippen molar-refractivity contribution in [2.45, 2.75) is 12.3 Å². The predicted octanol–water partition coefficient (Wildman–Crippen LogP) is 0.990. The van der Waals surface area contributed by atoms with Crippen LogP contribution in [0.4, 0.5) is 18.9 Å². The van der Waals surface area contributed by atoms with E-state index < -0.39 is 29.3 Å². The lowest BCUT2D eigenvalue weighted by atomic mass is 10.2. The van der Waals surface area contributed by atoms with Gasteiger partial charge in [-0.1, -0.05) is 11.6 Å². The van der Waals surface area contributed by atoms with Crippen LogP contribution in [0.5, 0.6) is 0 Å². The minimum Gasteiger partial charge on any atom is -0.367 e. The van der Waals surface area contributed by atoms with Crippen LogP contribution in [0.25, 0.3) is 5.82 Å². The van der Waals surface area contributed by atoms with Crippen LogP contribution >= 0.6 is 11.6 Å². The maximum Gasteiger partial charge on any atom is 0.417 e. The summed E-state index contributed by atoms with van der Waals surface area (Å²) in [6.07, 6.45) is -3.52. The van der Waals surface area contributed by atoms with Gasteiger partial charge in [0.15, 0.2) is 11.9 Å². The first-order valence-electron chi connectivity index (χ1n) is 7.66. The summed E-state index contributed by atoms with van der Waals surface area (Å²) < 4.78 is 43.9. The fraction of sp³-hybridized carbons (Fsp3) is 0.333. The van der Waals surface area contributed by atoms with Crippen molar-refractivity contribution in [2.24, 2.45) is 5.73 Å². The van der Waals surface area contributed by atoms with Crippen LogP contribution in [0.3, 0.4) is 0 Å². The number of nitrogens with two attached hydrogens (primary N) is 1. The lowest BCUT2D eigenvalue weighted by molar-refractivity contribution is -0.137. The monoisotopic (exact) mass is 403 g/mol. The van der Waals surface area contributed by atoms with Gasteiger partial charge in [0.05, 0.1) is 30.6 Å². The Labute approximate surface area is 155 Å². The fourth-order valence-corrected chi connectivity index (χ4v) is 2.78. The number of hydrogen-bond acceptors (Lipinski definition) is 6. The van der Waals surface area contributed by atoms with Gasteiger partial charge in [0.1, 0.15) is 5.02 Å². The highest BCUT2D eigenvalue weighted by atomic mass is 35.5. The number of anilines is 1. The Morgan fingerprint density at radius 2 is 2.07 bits per heavy atom. The summed E-state index contributed by atoms with van der Waals surface area (Å²) in [5.74, 6) is -0.760. The normalized spacial score (nSPS) is 17.8. The van der Waals surface area contributed by atoms with E-state index in [4.69, 9.17) is 22.1 Å². The number of carbonyl (C=O) groups is 1. The second-order valence-corrected chi connectivity index (χ2v) is 6.05. The zero-order valence-electron chi connectivity index (χ0n) is 13.6. The van der Waals surface area contributed by atoms with E-state index in [-0.39, 0.29) is 29.7 Å². The first-order chi connectivity index (χ1) is 12.7. The molecule has 0 aliphatic carbocycles. The van der Waals surface area contributed by atoms with Crippen molar-refractivity contribution in [1.82, 2.24) is 14.8 Å². The minimum atomic E-state index is -4.54. The van der Waals surface area contributed by atoms with Crippen molar-refractivity contribution >= 4 is 23.2 Å². The summed E-state index contributed by atoms with van der Waals surface area (Å²) >= 11 is 6.13. The first-order valence-corrected chi connectivity index (χ1v) is 8.03. The number of morpholine rings is 1. The number of ether oxygens (including phenoxy) is 1. The van der Waals surface area contributed by atoms with Gasteiger partial charge in [0.25, 0.3) is 5.56 Å². The Bertz CT molecular complexity index is 916. The predicted molar refractivity (Wildman–Crippen MR) is 88.8 cm³/mol. The third kappa shape index (κ3) is 3.88. The van der Waals surface area contributed by atoms with Crippen LogP contribution in [0, 0.1) is 0 Å². The van der Waals surface area contributed by atoms with Gasteiger partial charge in [-0.3, -0.25) is 9.59 Å². The van der Waals surface area contributed by atoms with Gasteiger partial charge in [-0.25, -0.2) is 4.98 Å². The molecule has 8 nitrogen and oxygen atoms in total. The molecule has 1 fully saturated rings. The number of alkyl halides is 3. The van der Waals surface area contributed by atoms with Crippen molar-refractivity contribution in [1.29, 1.82) is 0 Å². The van der Waals surface area contributed by atoms with Gasteiger partial charge in [-0.05, 0) is 12.1 Å². The second kappa shape index (κ2) is 7.16. The van der Waals surface area contributed by atoms with E-state index in [1.807, 2.05) is 0 Å². The van der Waals surface area contributed by atoms with Crippen molar-refractivity contribution < 1.29 is 22.7 Å². The number of halogens is 4. The Morgan fingerprint density at radius 1 is 1.33 bits per heavy atom. The molecule has 0 aromatic carbocycles. The van der Waals surface area contributed by atoms with Gasteiger partial charge in [-0.2, -0.15) is 23.0 Å². The molecule has 1 aliphatic heterocycles. The molecule has 3 heterocycles. The van der Waals surface area contributed by atoms with E-state index in [0.717, 1.165) is 16.8 Å². The molecular weight excluding hydrogens is 391 g/mol. The van der Waals surface area contributed by atoms with Gasteiger partial charge >= 0.3 is 6.18 Å². The lowest BCUT2D eigenvalue weighted by Crippen LogP contribution is -2.49. The molecule has 27 heavy (non-hydrogen) atoms. The van der Waals surface area contributed by atoms with Crippen molar-refractivity contribution in [3.8, 4) is 5.82 Å². The van der Waals surface area contributed by atoms with Gasteiger partial charge in [0.2, 0.25) is 5.91 Å². The number of carbonyl (C=O) groups excluding carboxylic acids is 1. The third-order valence-corrected chi connectivity index (χ3v) is 4.27. The van der Waals surface area contributed by atoms with Crippen LogP contribution in [0.1, 0.15) is 5.56 Å². The Kier molecular flexibility index (Phi) is 5.07. The molecule has 0 saturated carbocycles. The Morgan fingerprint density at radius 3 is 2.67 bits per heavy atom. The molecule has 12 heteroatoms. The zero-order valence-corrected chi connectivity index (χ0v) is 14.4. The Balaban J connectivity index is 1.91. The maximum atomic E-state index is 12.6. The number of rotatable bonds is 3. The van der Waals surface area contributed by atoms with Crippen LogP contribution < -0.4 is 16.2 Å². The average Bonchev–Trinajstić information content (AvgIpc) is 2.63. The van der Waals surface area contributed by atoms with E-state index in [0.29, 0.717) is 12.7 Å². The molecule has 3 rings (SSSR count). The summed E-state index contributed by atoms with van der Waals surface area (Å²) in [6, 6.07) is 1.81. The number of hydrogen-bond donors (Lipinski definition) is 1. The molecular formula is C15H13ClF3N5O3.